The summed E-state index contributed by atoms with van der Waals surface area (Å²) >= 11 is 7.08. The monoisotopic (exact) mass is 360 g/mol. The van der Waals surface area contributed by atoms with Gasteiger partial charge in [-0.05, 0) is 59.8 Å². The lowest BCUT2D eigenvalue weighted by Gasteiger charge is -2.03. The lowest BCUT2D eigenvalue weighted by atomic mass is 10.2. The Morgan fingerprint density at radius 2 is 2.00 bits per heavy atom. The molecule has 7 heteroatoms. The molecule has 3 rings (SSSR count). The number of amides is 1. The standard InChI is InChI=1S/C17H13ClN2O3S/c1-23-14-8-10(2-7-13(14)21)9-15-16(22)20-17(24-15)19-12-5-3-11(18)4-6-12/h2-9,21H,1H3,(H,19,20,22). The molecule has 2 aromatic rings. The fourth-order valence-electron chi connectivity index (χ4n) is 2.05. The van der Waals surface area contributed by atoms with Crippen molar-refractivity contribution in [2.75, 3.05) is 7.11 Å². The molecule has 1 heterocycles. The number of aliphatic imine (C=N–C) groups is 1. The van der Waals surface area contributed by atoms with Crippen LogP contribution in [0.2, 0.25) is 5.02 Å². The Labute approximate surface area is 148 Å². The lowest BCUT2D eigenvalue weighted by molar-refractivity contribution is -0.115. The first-order valence-electron chi connectivity index (χ1n) is 6.97. The summed E-state index contributed by atoms with van der Waals surface area (Å²) in [5, 5.41) is 13.5. The van der Waals surface area contributed by atoms with Crippen LogP contribution in [0, 0.1) is 0 Å². The number of hydrogen-bond acceptors (Lipinski definition) is 5. The predicted octanol–water partition coefficient (Wildman–Crippen LogP) is 3.95. The van der Waals surface area contributed by atoms with E-state index in [2.05, 4.69) is 10.3 Å². The quantitative estimate of drug-likeness (QED) is 0.813. The number of halogens is 1. The normalized spacial score (nSPS) is 17.3. The van der Waals surface area contributed by atoms with E-state index in [0.717, 1.165) is 5.56 Å². The van der Waals surface area contributed by atoms with Crippen molar-refractivity contribution >= 4 is 46.2 Å². The first kappa shape index (κ1) is 16.4. The molecule has 1 aliphatic heterocycles. The van der Waals surface area contributed by atoms with Crippen molar-refractivity contribution in [3.8, 4) is 11.5 Å². The van der Waals surface area contributed by atoms with Gasteiger partial charge in [0.15, 0.2) is 16.7 Å². The van der Waals surface area contributed by atoms with Crippen LogP contribution in [-0.2, 0) is 4.79 Å². The molecule has 0 atom stereocenters. The van der Waals surface area contributed by atoms with Crippen molar-refractivity contribution in [2.45, 2.75) is 0 Å². The second kappa shape index (κ2) is 6.98. The molecule has 2 N–H and O–H groups in total. The zero-order chi connectivity index (χ0) is 17.1. The number of benzene rings is 2. The number of ether oxygens (including phenoxy) is 1. The lowest BCUT2D eigenvalue weighted by Crippen LogP contribution is -2.19. The number of thioether (sulfide) groups is 1. The van der Waals surface area contributed by atoms with Gasteiger partial charge < -0.3 is 15.2 Å². The Morgan fingerprint density at radius 1 is 1.25 bits per heavy atom. The van der Waals surface area contributed by atoms with Crippen LogP contribution in [0.3, 0.4) is 0 Å². The van der Waals surface area contributed by atoms with Crippen LogP contribution >= 0.6 is 23.4 Å². The molecular weight excluding hydrogens is 348 g/mol. The first-order valence-corrected chi connectivity index (χ1v) is 8.17. The van der Waals surface area contributed by atoms with E-state index in [1.54, 1.807) is 42.5 Å². The predicted molar refractivity (Wildman–Crippen MR) is 96.9 cm³/mol. The molecule has 0 aliphatic carbocycles. The van der Waals surface area contributed by atoms with Crippen LogP contribution in [0.1, 0.15) is 5.56 Å². The third-order valence-electron chi connectivity index (χ3n) is 3.21. The van der Waals surface area contributed by atoms with Gasteiger partial charge >= 0.3 is 0 Å². The summed E-state index contributed by atoms with van der Waals surface area (Å²) in [7, 11) is 1.47. The molecule has 1 amide bonds. The van der Waals surface area contributed by atoms with Gasteiger partial charge in [0, 0.05) is 5.02 Å². The average molecular weight is 361 g/mol. The Kier molecular flexibility index (Phi) is 4.78. The minimum Gasteiger partial charge on any atom is -0.504 e. The SMILES string of the molecule is COc1cc(C=C2SC(=Nc3ccc(Cl)cc3)NC2=O)ccc1O. The molecule has 0 unspecified atom stereocenters. The minimum absolute atomic E-state index is 0.0492. The number of aromatic hydroxyl groups is 1. The molecule has 0 radical (unpaired) electrons. The molecule has 0 aromatic heterocycles. The van der Waals surface area contributed by atoms with Crippen molar-refractivity contribution in [2.24, 2.45) is 4.99 Å². The van der Waals surface area contributed by atoms with Crippen LogP contribution in [0.25, 0.3) is 6.08 Å². The largest absolute Gasteiger partial charge is 0.504 e. The van der Waals surface area contributed by atoms with Crippen LogP contribution in [0.5, 0.6) is 11.5 Å². The summed E-state index contributed by atoms with van der Waals surface area (Å²) in [4.78, 5) is 17.0. The number of carbonyl (C=O) groups excluding carboxylic acids is 1. The molecule has 24 heavy (non-hydrogen) atoms. The summed E-state index contributed by atoms with van der Waals surface area (Å²) in [6.45, 7) is 0. The van der Waals surface area contributed by atoms with Gasteiger partial charge in [-0.1, -0.05) is 17.7 Å². The fourth-order valence-corrected chi connectivity index (χ4v) is 3.02. The van der Waals surface area contributed by atoms with E-state index in [-0.39, 0.29) is 11.7 Å². The third-order valence-corrected chi connectivity index (χ3v) is 4.37. The van der Waals surface area contributed by atoms with Gasteiger partial charge in [-0.15, -0.1) is 0 Å². The molecule has 0 spiro atoms. The van der Waals surface area contributed by atoms with Crippen LogP contribution in [-0.4, -0.2) is 23.3 Å². The van der Waals surface area contributed by atoms with Crippen LogP contribution < -0.4 is 10.1 Å². The molecule has 5 nitrogen and oxygen atoms in total. The van der Waals surface area contributed by atoms with Crippen molar-refractivity contribution in [3.05, 3.63) is 58.0 Å². The summed E-state index contributed by atoms with van der Waals surface area (Å²) in [6.07, 6.45) is 1.71. The van der Waals surface area contributed by atoms with Gasteiger partial charge in [0.25, 0.3) is 5.91 Å². The fraction of sp³-hybridized carbons (Fsp3) is 0.0588. The van der Waals surface area contributed by atoms with E-state index in [1.165, 1.54) is 24.9 Å². The van der Waals surface area contributed by atoms with E-state index >= 15 is 0 Å². The number of nitrogens with one attached hydrogen (secondary N) is 1. The Hall–Kier alpha value is -2.44. The average Bonchev–Trinajstić information content (AvgIpc) is 2.91. The molecule has 2 aromatic carbocycles. The summed E-state index contributed by atoms with van der Waals surface area (Å²) in [5.41, 5.74) is 1.45. The first-order chi connectivity index (χ1) is 11.5. The van der Waals surface area contributed by atoms with Crippen molar-refractivity contribution in [1.82, 2.24) is 5.32 Å². The van der Waals surface area contributed by atoms with Gasteiger partial charge in [-0.2, -0.15) is 0 Å². The van der Waals surface area contributed by atoms with Crippen molar-refractivity contribution in [1.29, 1.82) is 0 Å². The topological polar surface area (TPSA) is 70.9 Å². The number of nitrogens with zero attached hydrogens (tertiary/aromatic N) is 1. The second-order valence-electron chi connectivity index (χ2n) is 4.89. The minimum atomic E-state index is -0.222. The van der Waals surface area contributed by atoms with Gasteiger partial charge in [-0.3, -0.25) is 4.79 Å². The summed E-state index contributed by atoms with van der Waals surface area (Å²) < 4.78 is 5.07. The Balaban J connectivity index is 1.83. The maximum atomic E-state index is 12.1. The zero-order valence-electron chi connectivity index (χ0n) is 12.6. The molecule has 1 aliphatic rings. The van der Waals surface area contributed by atoms with Crippen molar-refractivity contribution in [3.63, 3.8) is 0 Å². The highest BCUT2D eigenvalue weighted by Crippen LogP contribution is 2.31. The van der Waals surface area contributed by atoms with E-state index in [4.69, 9.17) is 16.3 Å². The molecule has 1 fully saturated rings. The third kappa shape index (κ3) is 3.72. The van der Waals surface area contributed by atoms with E-state index in [9.17, 15) is 9.90 Å². The number of methoxy groups -OCH3 is 1. The molecule has 0 bridgehead atoms. The van der Waals surface area contributed by atoms with E-state index < -0.39 is 0 Å². The highest BCUT2D eigenvalue weighted by molar-refractivity contribution is 8.18. The number of phenolic OH excluding ortho intramolecular Hbond substituents is 1. The van der Waals surface area contributed by atoms with Crippen LogP contribution in [0.15, 0.2) is 52.4 Å². The number of amidine groups is 1. The molecule has 0 saturated carbocycles. The highest BCUT2D eigenvalue weighted by atomic mass is 35.5. The van der Waals surface area contributed by atoms with E-state index in [0.29, 0.717) is 26.5 Å². The summed E-state index contributed by atoms with van der Waals surface area (Å²) in [5.74, 6) is 0.177. The van der Waals surface area contributed by atoms with Gasteiger partial charge in [0.1, 0.15) is 0 Å². The molecule has 122 valence electrons. The van der Waals surface area contributed by atoms with Crippen LogP contribution in [0.4, 0.5) is 5.69 Å². The maximum absolute atomic E-state index is 12.1. The number of phenols is 1. The molecule has 1 saturated heterocycles. The number of hydrogen-bond donors (Lipinski definition) is 2. The Morgan fingerprint density at radius 3 is 2.71 bits per heavy atom. The van der Waals surface area contributed by atoms with Gasteiger partial charge in [0.2, 0.25) is 0 Å². The van der Waals surface area contributed by atoms with Gasteiger partial charge in [0.05, 0.1) is 17.7 Å². The smallest absolute Gasteiger partial charge is 0.264 e. The summed E-state index contributed by atoms with van der Waals surface area (Å²) in [6, 6.07) is 11.9. The number of rotatable bonds is 3. The second-order valence-corrected chi connectivity index (χ2v) is 6.36. The van der Waals surface area contributed by atoms with Gasteiger partial charge in [-0.25, -0.2) is 4.99 Å². The maximum Gasteiger partial charge on any atom is 0.264 e. The highest BCUT2D eigenvalue weighted by Gasteiger charge is 2.23. The Bertz CT molecular complexity index is 847. The van der Waals surface area contributed by atoms with E-state index in [1.807, 2.05) is 0 Å². The van der Waals surface area contributed by atoms with Crippen molar-refractivity contribution < 1.29 is 14.6 Å². The number of carbonyl (C=O) groups is 1. The molecular formula is C17H13ClN2O3S. The zero-order valence-corrected chi connectivity index (χ0v) is 14.2.